The van der Waals surface area contributed by atoms with E-state index in [2.05, 4.69) is 58.1 Å². The van der Waals surface area contributed by atoms with Gasteiger partial charge in [0.2, 0.25) is 5.95 Å². The molecule has 1 N–H and O–H groups in total. The maximum Gasteiger partial charge on any atom is 0.227 e. The van der Waals surface area contributed by atoms with Crippen LogP contribution in [0, 0.1) is 0 Å². The fraction of sp³-hybridized carbons (Fsp3) is 0.286. The molecule has 0 aliphatic carbocycles. The molecule has 94 valence electrons. The lowest BCUT2D eigenvalue weighted by atomic mass is 9.87. The third-order valence-electron chi connectivity index (χ3n) is 2.60. The van der Waals surface area contributed by atoms with Gasteiger partial charge in [-0.2, -0.15) is 0 Å². The fourth-order valence-electron chi connectivity index (χ4n) is 1.67. The minimum atomic E-state index is 0.0913. The van der Waals surface area contributed by atoms with Crippen molar-refractivity contribution >= 4 is 27.6 Å². The van der Waals surface area contributed by atoms with Crippen LogP contribution in [0.3, 0.4) is 0 Å². The second-order valence-corrected chi connectivity index (χ2v) is 6.00. The van der Waals surface area contributed by atoms with E-state index in [0.29, 0.717) is 5.95 Å². The molecule has 2 aromatic rings. The Hall–Kier alpha value is -1.42. The normalized spacial score (nSPS) is 11.3. The standard InChI is InChI=1S/C14H16BrN3/c1-14(2,3)11-9-10(5-6-12(11)15)18-13-16-7-4-8-17-13/h4-9H,1-3H3,(H,16,17,18). The zero-order valence-electron chi connectivity index (χ0n) is 10.7. The van der Waals surface area contributed by atoms with Crippen LogP contribution in [0.1, 0.15) is 26.3 Å². The van der Waals surface area contributed by atoms with Crippen LogP contribution in [0.15, 0.2) is 41.1 Å². The number of halogens is 1. The van der Waals surface area contributed by atoms with Gasteiger partial charge in [-0.1, -0.05) is 36.7 Å². The molecule has 1 aromatic carbocycles. The number of nitrogens with one attached hydrogen (secondary N) is 1. The number of aromatic nitrogens is 2. The summed E-state index contributed by atoms with van der Waals surface area (Å²) >= 11 is 3.59. The highest BCUT2D eigenvalue weighted by molar-refractivity contribution is 9.10. The predicted molar refractivity (Wildman–Crippen MR) is 78.2 cm³/mol. The second kappa shape index (κ2) is 5.06. The number of benzene rings is 1. The lowest BCUT2D eigenvalue weighted by molar-refractivity contribution is 0.587. The molecule has 2 rings (SSSR count). The van der Waals surface area contributed by atoms with Gasteiger partial charge >= 0.3 is 0 Å². The summed E-state index contributed by atoms with van der Waals surface area (Å²) in [4.78, 5) is 8.31. The van der Waals surface area contributed by atoms with Crippen molar-refractivity contribution in [2.24, 2.45) is 0 Å². The molecule has 0 unspecified atom stereocenters. The van der Waals surface area contributed by atoms with Crippen LogP contribution >= 0.6 is 15.9 Å². The van der Waals surface area contributed by atoms with Crippen LogP contribution in [-0.2, 0) is 5.41 Å². The van der Waals surface area contributed by atoms with Gasteiger partial charge in [0.05, 0.1) is 0 Å². The Morgan fingerprint density at radius 1 is 1.11 bits per heavy atom. The van der Waals surface area contributed by atoms with E-state index in [1.807, 2.05) is 12.1 Å². The molecule has 0 atom stereocenters. The maximum atomic E-state index is 4.15. The van der Waals surface area contributed by atoms with E-state index in [-0.39, 0.29) is 5.41 Å². The van der Waals surface area contributed by atoms with E-state index in [1.54, 1.807) is 18.5 Å². The molecule has 0 saturated heterocycles. The Bertz CT molecular complexity index is 532. The van der Waals surface area contributed by atoms with Crippen molar-refractivity contribution in [1.29, 1.82) is 0 Å². The summed E-state index contributed by atoms with van der Waals surface area (Å²) in [6.07, 6.45) is 3.44. The first-order chi connectivity index (χ1) is 8.47. The molecule has 0 aliphatic rings. The predicted octanol–water partition coefficient (Wildman–Crippen LogP) is 4.28. The zero-order valence-corrected chi connectivity index (χ0v) is 12.3. The zero-order chi connectivity index (χ0) is 13.2. The molecule has 1 aromatic heterocycles. The Labute approximate surface area is 116 Å². The van der Waals surface area contributed by atoms with E-state index in [1.165, 1.54) is 5.56 Å². The summed E-state index contributed by atoms with van der Waals surface area (Å²) in [5.74, 6) is 0.611. The summed E-state index contributed by atoms with van der Waals surface area (Å²) in [7, 11) is 0. The molecule has 3 nitrogen and oxygen atoms in total. The average molecular weight is 306 g/mol. The van der Waals surface area contributed by atoms with Gasteiger partial charge in [0.15, 0.2) is 0 Å². The lowest BCUT2D eigenvalue weighted by Gasteiger charge is -2.21. The second-order valence-electron chi connectivity index (χ2n) is 5.14. The summed E-state index contributed by atoms with van der Waals surface area (Å²) in [5.41, 5.74) is 2.34. The van der Waals surface area contributed by atoms with E-state index >= 15 is 0 Å². The third kappa shape index (κ3) is 3.07. The molecular weight excluding hydrogens is 290 g/mol. The highest BCUT2D eigenvalue weighted by Crippen LogP contribution is 2.32. The maximum absolute atomic E-state index is 4.15. The number of hydrogen-bond donors (Lipinski definition) is 1. The topological polar surface area (TPSA) is 37.8 Å². The average Bonchev–Trinajstić information content (AvgIpc) is 2.31. The summed E-state index contributed by atoms with van der Waals surface area (Å²) < 4.78 is 1.12. The van der Waals surface area contributed by atoms with Crippen LogP contribution < -0.4 is 5.32 Å². The highest BCUT2D eigenvalue weighted by Gasteiger charge is 2.17. The smallest absolute Gasteiger partial charge is 0.227 e. The Morgan fingerprint density at radius 3 is 2.39 bits per heavy atom. The largest absolute Gasteiger partial charge is 0.324 e. The van der Waals surface area contributed by atoms with Gasteiger partial charge in [-0.25, -0.2) is 9.97 Å². The molecule has 1 heterocycles. The van der Waals surface area contributed by atoms with Crippen molar-refractivity contribution in [3.8, 4) is 0 Å². The molecule has 0 bridgehead atoms. The molecule has 4 heteroatoms. The first kappa shape index (κ1) is 13.0. The van der Waals surface area contributed by atoms with Gasteiger partial charge in [-0.05, 0) is 35.2 Å². The molecule has 18 heavy (non-hydrogen) atoms. The van der Waals surface area contributed by atoms with Crippen molar-refractivity contribution < 1.29 is 0 Å². The van der Waals surface area contributed by atoms with Crippen LogP contribution in [-0.4, -0.2) is 9.97 Å². The molecule has 0 radical (unpaired) electrons. The summed E-state index contributed by atoms with van der Waals surface area (Å²) in [6.45, 7) is 6.57. The fourth-order valence-corrected chi connectivity index (χ4v) is 2.51. The SMILES string of the molecule is CC(C)(C)c1cc(Nc2ncccn2)ccc1Br. The number of nitrogens with zero attached hydrogens (tertiary/aromatic N) is 2. The minimum Gasteiger partial charge on any atom is -0.324 e. The van der Waals surface area contributed by atoms with Crippen molar-refractivity contribution in [1.82, 2.24) is 9.97 Å². The molecule has 0 spiro atoms. The molecule has 0 saturated carbocycles. The molecular formula is C14H16BrN3. The van der Waals surface area contributed by atoms with Gasteiger partial charge in [0, 0.05) is 22.6 Å². The van der Waals surface area contributed by atoms with E-state index < -0.39 is 0 Å². The van der Waals surface area contributed by atoms with Crippen molar-refractivity contribution in [3.05, 3.63) is 46.7 Å². The van der Waals surface area contributed by atoms with Gasteiger partial charge in [0.1, 0.15) is 0 Å². The Morgan fingerprint density at radius 2 is 1.78 bits per heavy atom. The van der Waals surface area contributed by atoms with Crippen LogP contribution in [0.5, 0.6) is 0 Å². The summed E-state index contributed by atoms with van der Waals surface area (Å²) in [5, 5.41) is 3.20. The van der Waals surface area contributed by atoms with Crippen LogP contribution in [0.25, 0.3) is 0 Å². The van der Waals surface area contributed by atoms with Crippen molar-refractivity contribution in [2.75, 3.05) is 5.32 Å². The van der Waals surface area contributed by atoms with Crippen LogP contribution in [0.4, 0.5) is 11.6 Å². The summed E-state index contributed by atoms with van der Waals surface area (Å²) in [6, 6.07) is 7.98. The van der Waals surface area contributed by atoms with Gasteiger partial charge in [0.25, 0.3) is 0 Å². The van der Waals surface area contributed by atoms with Crippen molar-refractivity contribution in [2.45, 2.75) is 26.2 Å². The quantitative estimate of drug-likeness (QED) is 0.900. The number of anilines is 2. The van der Waals surface area contributed by atoms with Gasteiger partial charge in [-0.3, -0.25) is 0 Å². The number of hydrogen-bond acceptors (Lipinski definition) is 3. The Kier molecular flexibility index (Phi) is 3.66. The van der Waals surface area contributed by atoms with Crippen LogP contribution in [0.2, 0.25) is 0 Å². The molecule has 0 amide bonds. The minimum absolute atomic E-state index is 0.0913. The van der Waals surface area contributed by atoms with Crippen molar-refractivity contribution in [3.63, 3.8) is 0 Å². The van der Waals surface area contributed by atoms with E-state index in [9.17, 15) is 0 Å². The van der Waals surface area contributed by atoms with E-state index in [0.717, 1.165) is 10.2 Å². The Balaban J connectivity index is 2.31. The first-order valence-electron chi connectivity index (χ1n) is 5.81. The third-order valence-corrected chi connectivity index (χ3v) is 3.29. The highest BCUT2D eigenvalue weighted by atomic mass is 79.9. The monoisotopic (exact) mass is 305 g/mol. The molecule has 0 fully saturated rings. The van der Waals surface area contributed by atoms with Gasteiger partial charge < -0.3 is 5.32 Å². The number of rotatable bonds is 2. The molecule has 0 aliphatic heterocycles. The first-order valence-corrected chi connectivity index (χ1v) is 6.60. The van der Waals surface area contributed by atoms with E-state index in [4.69, 9.17) is 0 Å². The lowest BCUT2D eigenvalue weighted by Crippen LogP contribution is -2.12. The van der Waals surface area contributed by atoms with Gasteiger partial charge in [-0.15, -0.1) is 0 Å².